The Hall–Kier alpha value is -2.86. The number of para-hydroxylation sites is 1. The van der Waals surface area contributed by atoms with E-state index in [-0.39, 0.29) is 0 Å². The molecule has 3 aromatic carbocycles. The van der Waals surface area contributed by atoms with E-state index in [0.717, 1.165) is 22.7 Å². The van der Waals surface area contributed by atoms with Crippen LogP contribution < -0.4 is 0 Å². The Labute approximate surface area is 212 Å². The van der Waals surface area contributed by atoms with Gasteiger partial charge in [-0.2, -0.15) is 4.31 Å². The minimum atomic E-state index is -3.53. The number of hydrogen-bond acceptors (Lipinski definition) is 2. The third-order valence-corrected chi connectivity index (χ3v) is 9.21. The Bertz CT molecular complexity index is 1550. The molecule has 0 aliphatic carbocycles. The second kappa shape index (κ2) is 9.30. The van der Waals surface area contributed by atoms with Crippen LogP contribution in [0.5, 0.6) is 0 Å². The van der Waals surface area contributed by atoms with E-state index in [4.69, 9.17) is 11.6 Å². The number of hydrogen-bond donors (Lipinski definition) is 0. The quantitative estimate of drug-likeness (QED) is 0.302. The van der Waals surface area contributed by atoms with Gasteiger partial charge in [-0.1, -0.05) is 54.1 Å². The maximum atomic E-state index is 13.3. The smallest absolute Gasteiger partial charge is 0.243 e. The highest BCUT2D eigenvalue weighted by molar-refractivity contribution is 7.89. The lowest BCUT2D eigenvalue weighted by Crippen LogP contribution is -2.34. The highest BCUT2D eigenvalue weighted by Gasteiger charge is 2.28. The SMILES string of the molecule is Cc1ccc(S(=O)(=O)N2CC=C(c3c(C)n(Cc4ccc(Cl)cc4)c4ccccc34)CC2)cc1C. The molecule has 0 saturated carbocycles. The molecule has 5 rings (SSSR count). The summed E-state index contributed by atoms with van der Waals surface area (Å²) >= 11 is 6.08. The molecule has 1 aliphatic heterocycles. The van der Waals surface area contributed by atoms with Gasteiger partial charge in [0, 0.05) is 46.8 Å². The van der Waals surface area contributed by atoms with Crippen LogP contribution in [-0.2, 0) is 16.6 Å². The van der Waals surface area contributed by atoms with Crippen LogP contribution in [0.25, 0.3) is 16.5 Å². The van der Waals surface area contributed by atoms with Crippen molar-refractivity contribution in [2.24, 2.45) is 0 Å². The molecule has 0 N–H and O–H groups in total. The van der Waals surface area contributed by atoms with Crippen molar-refractivity contribution < 1.29 is 8.42 Å². The van der Waals surface area contributed by atoms with E-state index in [1.54, 1.807) is 16.4 Å². The lowest BCUT2D eigenvalue weighted by molar-refractivity contribution is 0.441. The summed E-state index contributed by atoms with van der Waals surface area (Å²) < 4.78 is 30.5. The van der Waals surface area contributed by atoms with Crippen molar-refractivity contribution >= 4 is 38.1 Å². The highest BCUT2D eigenvalue weighted by atomic mass is 35.5. The number of sulfonamides is 1. The molecule has 1 aliphatic rings. The number of aromatic nitrogens is 1. The molecular formula is C29H29ClN2O2S. The van der Waals surface area contributed by atoms with E-state index in [2.05, 4.69) is 54.0 Å². The van der Waals surface area contributed by atoms with Crippen molar-refractivity contribution in [3.05, 3.63) is 106 Å². The highest BCUT2D eigenvalue weighted by Crippen LogP contribution is 2.36. The van der Waals surface area contributed by atoms with Gasteiger partial charge in [-0.15, -0.1) is 0 Å². The number of fused-ring (bicyclic) bond motifs is 1. The summed E-state index contributed by atoms with van der Waals surface area (Å²) in [5.41, 5.74) is 8.07. The molecule has 4 nitrogen and oxygen atoms in total. The number of nitrogens with zero attached hydrogens (tertiary/aromatic N) is 2. The minimum absolute atomic E-state index is 0.369. The average molecular weight is 505 g/mol. The molecule has 35 heavy (non-hydrogen) atoms. The summed E-state index contributed by atoms with van der Waals surface area (Å²) in [6, 6.07) is 21.8. The molecular weight excluding hydrogens is 476 g/mol. The fourth-order valence-electron chi connectivity index (χ4n) is 4.93. The fourth-order valence-corrected chi connectivity index (χ4v) is 6.52. The maximum Gasteiger partial charge on any atom is 0.243 e. The standard InChI is InChI=1S/C29H29ClN2O2S/c1-20-8-13-26(18-21(20)2)35(33,34)31-16-14-24(15-17-31)29-22(3)32(28-7-5-4-6-27(28)29)19-23-9-11-25(30)12-10-23/h4-14,18H,15-17,19H2,1-3H3. The van der Waals surface area contributed by atoms with E-state index in [9.17, 15) is 8.42 Å². The van der Waals surface area contributed by atoms with Crippen LogP contribution in [0.1, 0.15) is 34.4 Å². The van der Waals surface area contributed by atoms with Crippen molar-refractivity contribution in [2.45, 2.75) is 38.6 Å². The van der Waals surface area contributed by atoms with Gasteiger partial charge in [0.25, 0.3) is 0 Å². The Morgan fingerprint density at radius 1 is 0.914 bits per heavy atom. The summed E-state index contributed by atoms with van der Waals surface area (Å²) in [7, 11) is -3.53. The Balaban J connectivity index is 1.48. The van der Waals surface area contributed by atoms with Crippen molar-refractivity contribution in [3.63, 3.8) is 0 Å². The fraction of sp³-hybridized carbons (Fsp3) is 0.241. The second-order valence-corrected chi connectivity index (χ2v) is 11.7. The maximum absolute atomic E-state index is 13.3. The van der Waals surface area contributed by atoms with Crippen LogP contribution in [0.15, 0.2) is 77.7 Å². The molecule has 0 spiro atoms. The van der Waals surface area contributed by atoms with Gasteiger partial charge in [0.05, 0.1) is 4.90 Å². The predicted octanol–water partition coefficient (Wildman–Crippen LogP) is 6.75. The third kappa shape index (κ3) is 4.44. The van der Waals surface area contributed by atoms with Gasteiger partial charge in [0.15, 0.2) is 0 Å². The molecule has 0 atom stereocenters. The van der Waals surface area contributed by atoms with E-state index >= 15 is 0 Å². The predicted molar refractivity (Wildman–Crippen MR) is 144 cm³/mol. The van der Waals surface area contributed by atoms with Crippen molar-refractivity contribution in [1.29, 1.82) is 0 Å². The van der Waals surface area contributed by atoms with Crippen molar-refractivity contribution in [2.75, 3.05) is 13.1 Å². The zero-order valence-electron chi connectivity index (χ0n) is 20.3. The molecule has 180 valence electrons. The Morgan fingerprint density at radius 3 is 2.34 bits per heavy atom. The number of aryl methyl sites for hydroxylation is 2. The van der Waals surface area contributed by atoms with Crippen LogP contribution in [-0.4, -0.2) is 30.4 Å². The molecule has 0 unspecified atom stereocenters. The van der Waals surface area contributed by atoms with Gasteiger partial charge in [-0.3, -0.25) is 0 Å². The Kier molecular flexibility index (Phi) is 6.34. The molecule has 1 aromatic heterocycles. The molecule has 0 bridgehead atoms. The topological polar surface area (TPSA) is 42.3 Å². The molecule has 4 aromatic rings. The summed E-state index contributed by atoms with van der Waals surface area (Å²) in [5.74, 6) is 0. The summed E-state index contributed by atoms with van der Waals surface area (Å²) in [6.07, 6.45) is 2.77. The van der Waals surface area contributed by atoms with E-state index in [0.29, 0.717) is 24.4 Å². The average Bonchev–Trinajstić information content (AvgIpc) is 3.13. The van der Waals surface area contributed by atoms with Crippen molar-refractivity contribution in [1.82, 2.24) is 8.87 Å². The summed E-state index contributed by atoms with van der Waals surface area (Å²) in [6.45, 7) is 7.70. The zero-order chi connectivity index (χ0) is 24.7. The van der Waals surface area contributed by atoms with Gasteiger partial charge in [0.1, 0.15) is 0 Å². The number of rotatable bonds is 5. The van der Waals surface area contributed by atoms with Crippen LogP contribution in [0, 0.1) is 20.8 Å². The second-order valence-electron chi connectivity index (χ2n) is 9.28. The largest absolute Gasteiger partial charge is 0.340 e. The minimum Gasteiger partial charge on any atom is -0.340 e. The van der Waals surface area contributed by atoms with Gasteiger partial charge in [0.2, 0.25) is 10.0 Å². The van der Waals surface area contributed by atoms with Gasteiger partial charge in [-0.25, -0.2) is 8.42 Å². The van der Waals surface area contributed by atoms with Crippen molar-refractivity contribution in [3.8, 4) is 0 Å². The van der Waals surface area contributed by atoms with E-state index < -0.39 is 10.0 Å². The summed E-state index contributed by atoms with van der Waals surface area (Å²) in [5, 5.41) is 1.94. The number of benzene rings is 3. The zero-order valence-corrected chi connectivity index (χ0v) is 21.8. The first-order chi connectivity index (χ1) is 16.8. The molecule has 0 saturated heterocycles. The monoisotopic (exact) mass is 504 g/mol. The number of halogens is 1. The van der Waals surface area contributed by atoms with E-state index in [1.165, 1.54) is 33.3 Å². The van der Waals surface area contributed by atoms with Gasteiger partial charge in [-0.05, 0) is 79.8 Å². The molecule has 0 fully saturated rings. The van der Waals surface area contributed by atoms with E-state index in [1.807, 2.05) is 32.0 Å². The van der Waals surface area contributed by atoms with Gasteiger partial charge < -0.3 is 4.57 Å². The molecule has 6 heteroatoms. The van der Waals surface area contributed by atoms with Crippen LogP contribution >= 0.6 is 11.6 Å². The lowest BCUT2D eigenvalue weighted by atomic mass is 9.97. The lowest BCUT2D eigenvalue weighted by Gasteiger charge is -2.26. The van der Waals surface area contributed by atoms with Crippen LogP contribution in [0.2, 0.25) is 5.02 Å². The summed E-state index contributed by atoms with van der Waals surface area (Å²) in [4.78, 5) is 0.369. The molecule has 2 heterocycles. The third-order valence-electron chi connectivity index (χ3n) is 7.09. The molecule has 0 radical (unpaired) electrons. The van der Waals surface area contributed by atoms with Gasteiger partial charge >= 0.3 is 0 Å². The van der Waals surface area contributed by atoms with Crippen LogP contribution in [0.3, 0.4) is 0 Å². The first-order valence-corrected chi connectivity index (χ1v) is 13.7. The Morgan fingerprint density at radius 2 is 1.66 bits per heavy atom. The molecule has 0 amide bonds. The first kappa shape index (κ1) is 23.9. The normalized spacial score (nSPS) is 14.9. The van der Waals surface area contributed by atoms with Crippen LogP contribution in [0.4, 0.5) is 0 Å². The first-order valence-electron chi connectivity index (χ1n) is 11.8.